The molecule has 8 nitrogen and oxygen atoms in total. The van der Waals surface area contributed by atoms with Crippen molar-refractivity contribution in [1.82, 2.24) is 9.97 Å². The lowest BCUT2D eigenvalue weighted by molar-refractivity contribution is -0.383. The fraction of sp³-hybridized carbons (Fsp3) is 0.111. The predicted octanol–water partition coefficient (Wildman–Crippen LogP) is 4.21. The maximum Gasteiger partial charge on any atom is 0.353 e. The first-order valence-electron chi connectivity index (χ1n) is 8.02. The van der Waals surface area contributed by atoms with Gasteiger partial charge in [-0.2, -0.15) is 9.97 Å². The second kappa shape index (κ2) is 7.24. The molecule has 9 heteroatoms. The van der Waals surface area contributed by atoms with Gasteiger partial charge < -0.3 is 16.4 Å². The second-order valence-corrected chi connectivity index (χ2v) is 5.94. The quantitative estimate of drug-likeness (QED) is 0.456. The highest BCUT2D eigenvalue weighted by Crippen LogP contribution is 2.32. The molecule has 0 fully saturated rings. The molecule has 0 aliphatic heterocycles. The molecule has 3 rings (SSSR count). The van der Waals surface area contributed by atoms with E-state index in [2.05, 4.69) is 20.6 Å². The van der Waals surface area contributed by atoms with Crippen LogP contribution in [0.3, 0.4) is 0 Å². The third-order valence-electron chi connectivity index (χ3n) is 3.96. The smallest absolute Gasteiger partial charge is 0.353 e. The lowest BCUT2D eigenvalue weighted by Gasteiger charge is -2.11. The summed E-state index contributed by atoms with van der Waals surface area (Å²) < 4.78 is 13.1. The van der Waals surface area contributed by atoms with Crippen LogP contribution in [0.4, 0.5) is 39.0 Å². The van der Waals surface area contributed by atoms with Gasteiger partial charge in [-0.15, -0.1) is 0 Å². The number of rotatable bonds is 5. The number of hydrogen-bond acceptors (Lipinski definition) is 7. The number of halogens is 1. The monoisotopic (exact) mass is 368 g/mol. The van der Waals surface area contributed by atoms with Crippen LogP contribution >= 0.6 is 0 Å². The van der Waals surface area contributed by atoms with Gasteiger partial charge >= 0.3 is 5.69 Å². The molecule has 0 bridgehead atoms. The summed E-state index contributed by atoms with van der Waals surface area (Å²) in [7, 11) is 0. The first-order valence-corrected chi connectivity index (χ1v) is 8.02. The fourth-order valence-corrected chi connectivity index (χ4v) is 2.41. The fourth-order valence-electron chi connectivity index (χ4n) is 2.41. The zero-order chi connectivity index (χ0) is 19.6. The summed E-state index contributed by atoms with van der Waals surface area (Å²) in [6, 6.07) is 11.0. The van der Waals surface area contributed by atoms with E-state index in [1.807, 2.05) is 32.0 Å². The van der Waals surface area contributed by atoms with Crippen LogP contribution in [-0.4, -0.2) is 14.9 Å². The lowest BCUT2D eigenvalue weighted by Crippen LogP contribution is -2.08. The Bertz CT molecular complexity index is 1010. The number of nitrogen functional groups attached to an aromatic ring is 1. The summed E-state index contributed by atoms with van der Waals surface area (Å²) >= 11 is 0. The number of aromatic nitrogens is 2. The summed E-state index contributed by atoms with van der Waals surface area (Å²) in [5.74, 6) is -0.698. The zero-order valence-corrected chi connectivity index (χ0v) is 14.7. The SMILES string of the molecule is Cc1ccc(Nc2nc(N)c([N+](=O)[O-])c(Nc3ccc(F)cc3)n2)cc1C. The van der Waals surface area contributed by atoms with Gasteiger partial charge in [-0.05, 0) is 61.4 Å². The Morgan fingerprint density at radius 1 is 1.00 bits per heavy atom. The number of nitrogens with zero attached hydrogens (tertiary/aromatic N) is 3. The first-order chi connectivity index (χ1) is 12.8. The molecule has 2 aromatic carbocycles. The molecule has 0 aliphatic carbocycles. The Morgan fingerprint density at radius 2 is 1.67 bits per heavy atom. The Labute approximate surface area is 154 Å². The van der Waals surface area contributed by atoms with Crippen molar-refractivity contribution in [3.05, 3.63) is 69.5 Å². The Kier molecular flexibility index (Phi) is 4.84. The molecule has 138 valence electrons. The van der Waals surface area contributed by atoms with Gasteiger partial charge in [0.05, 0.1) is 4.92 Å². The molecule has 0 radical (unpaired) electrons. The van der Waals surface area contributed by atoms with E-state index in [0.717, 1.165) is 16.8 Å². The van der Waals surface area contributed by atoms with Gasteiger partial charge in [0.1, 0.15) is 5.82 Å². The van der Waals surface area contributed by atoms with Crippen molar-refractivity contribution in [3.8, 4) is 0 Å². The average molecular weight is 368 g/mol. The molecule has 0 saturated heterocycles. The summed E-state index contributed by atoms with van der Waals surface area (Å²) in [4.78, 5) is 18.8. The number of hydrogen-bond donors (Lipinski definition) is 3. The molecule has 0 unspecified atom stereocenters. The average Bonchev–Trinajstić information content (AvgIpc) is 2.59. The number of anilines is 5. The van der Waals surface area contributed by atoms with Gasteiger partial charge in [-0.3, -0.25) is 10.1 Å². The van der Waals surface area contributed by atoms with Gasteiger partial charge in [0, 0.05) is 11.4 Å². The molecular weight excluding hydrogens is 351 g/mol. The Morgan fingerprint density at radius 3 is 2.30 bits per heavy atom. The van der Waals surface area contributed by atoms with E-state index in [1.165, 1.54) is 24.3 Å². The molecule has 0 saturated carbocycles. The first kappa shape index (κ1) is 18.1. The third-order valence-corrected chi connectivity index (χ3v) is 3.96. The van der Waals surface area contributed by atoms with Crippen LogP contribution in [0.5, 0.6) is 0 Å². The van der Waals surface area contributed by atoms with Gasteiger partial charge in [0.25, 0.3) is 0 Å². The van der Waals surface area contributed by atoms with Crippen molar-refractivity contribution in [2.75, 3.05) is 16.4 Å². The highest BCUT2D eigenvalue weighted by molar-refractivity contribution is 5.75. The summed E-state index contributed by atoms with van der Waals surface area (Å²) in [6.45, 7) is 3.96. The highest BCUT2D eigenvalue weighted by Gasteiger charge is 2.23. The van der Waals surface area contributed by atoms with E-state index in [9.17, 15) is 14.5 Å². The van der Waals surface area contributed by atoms with E-state index in [0.29, 0.717) is 5.69 Å². The van der Waals surface area contributed by atoms with Gasteiger partial charge in [-0.25, -0.2) is 4.39 Å². The van der Waals surface area contributed by atoms with E-state index >= 15 is 0 Å². The number of benzene rings is 2. The minimum Gasteiger partial charge on any atom is -0.378 e. The lowest BCUT2D eigenvalue weighted by atomic mass is 10.1. The molecule has 3 aromatic rings. The van der Waals surface area contributed by atoms with Crippen molar-refractivity contribution in [2.45, 2.75) is 13.8 Å². The highest BCUT2D eigenvalue weighted by atomic mass is 19.1. The molecule has 0 aliphatic rings. The van der Waals surface area contributed by atoms with Gasteiger partial charge in [0.2, 0.25) is 17.6 Å². The normalized spacial score (nSPS) is 10.5. The number of aryl methyl sites for hydroxylation is 2. The van der Waals surface area contributed by atoms with E-state index in [-0.39, 0.29) is 17.6 Å². The van der Waals surface area contributed by atoms with Gasteiger partial charge in [0.15, 0.2) is 0 Å². The number of nitrogens with two attached hydrogens (primary N) is 1. The standard InChI is InChI=1S/C18H17FN6O2/c1-10-3-6-14(9-11(10)2)22-18-23-16(20)15(25(26)27)17(24-18)21-13-7-4-12(19)5-8-13/h3-9H,1-2H3,(H4,20,21,22,23,24). The predicted molar refractivity (Wildman–Crippen MR) is 102 cm³/mol. The van der Waals surface area contributed by atoms with E-state index < -0.39 is 16.4 Å². The van der Waals surface area contributed by atoms with Crippen molar-refractivity contribution in [3.63, 3.8) is 0 Å². The molecule has 0 spiro atoms. The molecule has 0 atom stereocenters. The topological polar surface area (TPSA) is 119 Å². The molecule has 27 heavy (non-hydrogen) atoms. The van der Waals surface area contributed by atoms with Crippen LogP contribution < -0.4 is 16.4 Å². The van der Waals surface area contributed by atoms with Crippen LogP contribution in [0.2, 0.25) is 0 Å². The summed E-state index contributed by atoms with van der Waals surface area (Å²) in [6.07, 6.45) is 0. The Hall–Kier alpha value is -3.75. The van der Waals surface area contributed by atoms with Crippen molar-refractivity contribution >= 4 is 34.6 Å². The van der Waals surface area contributed by atoms with Crippen LogP contribution in [0, 0.1) is 29.8 Å². The minimum atomic E-state index is -0.666. The van der Waals surface area contributed by atoms with E-state index in [4.69, 9.17) is 5.73 Å². The largest absolute Gasteiger partial charge is 0.378 e. The number of nitro groups is 1. The van der Waals surface area contributed by atoms with Gasteiger partial charge in [-0.1, -0.05) is 6.07 Å². The molecule has 1 aromatic heterocycles. The minimum absolute atomic E-state index is 0.0922. The molecular formula is C18H17FN6O2. The molecule has 1 heterocycles. The second-order valence-electron chi connectivity index (χ2n) is 5.94. The zero-order valence-electron chi connectivity index (χ0n) is 14.7. The maximum atomic E-state index is 13.1. The molecule has 4 N–H and O–H groups in total. The third kappa shape index (κ3) is 4.09. The van der Waals surface area contributed by atoms with Crippen LogP contribution in [-0.2, 0) is 0 Å². The van der Waals surface area contributed by atoms with Crippen LogP contribution in [0.25, 0.3) is 0 Å². The van der Waals surface area contributed by atoms with Crippen LogP contribution in [0.15, 0.2) is 42.5 Å². The summed E-state index contributed by atoms with van der Waals surface area (Å²) in [5.41, 5.74) is 8.67. The van der Waals surface area contributed by atoms with E-state index in [1.54, 1.807) is 0 Å². The Balaban J connectivity index is 1.98. The molecule has 0 amide bonds. The van der Waals surface area contributed by atoms with Crippen molar-refractivity contribution < 1.29 is 9.31 Å². The van der Waals surface area contributed by atoms with Crippen molar-refractivity contribution in [2.24, 2.45) is 0 Å². The van der Waals surface area contributed by atoms with Crippen LogP contribution in [0.1, 0.15) is 11.1 Å². The maximum absolute atomic E-state index is 13.1. The number of nitrogens with one attached hydrogen (secondary N) is 2. The van der Waals surface area contributed by atoms with Crippen molar-refractivity contribution in [1.29, 1.82) is 0 Å². The summed E-state index contributed by atoms with van der Waals surface area (Å²) in [5, 5.41) is 17.1.